The Balaban J connectivity index is 3.40. The molecule has 0 spiro atoms. The second kappa shape index (κ2) is 5.21. The van der Waals surface area contributed by atoms with Crippen LogP contribution in [0.1, 0.15) is 29.5 Å². The fraction of sp³-hybridized carbons (Fsp3) is 0.538. The van der Waals surface area contributed by atoms with E-state index >= 15 is 0 Å². The van der Waals surface area contributed by atoms with E-state index in [1.807, 2.05) is 26.8 Å². The van der Waals surface area contributed by atoms with Crippen LogP contribution in [0.3, 0.4) is 0 Å². The Kier molecular flexibility index (Phi) is 4.19. The van der Waals surface area contributed by atoms with E-state index < -0.39 is 0 Å². The summed E-state index contributed by atoms with van der Waals surface area (Å²) < 4.78 is 10.6. The number of aliphatic hydroxyl groups is 1. The van der Waals surface area contributed by atoms with Crippen molar-refractivity contribution in [3.05, 3.63) is 22.8 Å². The average molecular weight is 224 g/mol. The van der Waals surface area contributed by atoms with Crippen LogP contribution in [0, 0.1) is 13.8 Å². The Morgan fingerprint density at radius 3 is 2.31 bits per heavy atom. The number of aryl methyl sites for hydroxylation is 1. The minimum absolute atomic E-state index is 0.111. The van der Waals surface area contributed by atoms with Crippen molar-refractivity contribution in [1.29, 1.82) is 0 Å². The fourth-order valence-electron chi connectivity index (χ4n) is 2.20. The van der Waals surface area contributed by atoms with Crippen LogP contribution >= 0.6 is 0 Å². The number of benzene rings is 1. The molecule has 1 rings (SSSR count). The van der Waals surface area contributed by atoms with Crippen LogP contribution in [0.15, 0.2) is 6.07 Å². The maximum absolute atomic E-state index is 9.26. The Morgan fingerprint density at radius 2 is 1.88 bits per heavy atom. The molecular weight excluding hydrogens is 204 g/mol. The predicted molar refractivity (Wildman–Crippen MR) is 64.5 cm³/mol. The highest BCUT2D eigenvalue weighted by Gasteiger charge is 2.18. The lowest BCUT2D eigenvalue weighted by molar-refractivity contribution is 0.271. The summed E-state index contributed by atoms with van der Waals surface area (Å²) in [5, 5.41) is 9.26. The summed E-state index contributed by atoms with van der Waals surface area (Å²) >= 11 is 0. The van der Waals surface area contributed by atoms with E-state index in [1.165, 1.54) is 0 Å². The maximum atomic E-state index is 9.26. The molecule has 3 nitrogen and oxygen atoms in total. The minimum atomic E-state index is 0.111. The smallest absolute Gasteiger partial charge is 0.163 e. The molecule has 1 aromatic carbocycles. The van der Waals surface area contributed by atoms with Gasteiger partial charge in [0.15, 0.2) is 11.5 Å². The third-order valence-corrected chi connectivity index (χ3v) is 2.93. The summed E-state index contributed by atoms with van der Waals surface area (Å²) in [5.74, 6) is 1.61. The summed E-state index contributed by atoms with van der Waals surface area (Å²) in [5.41, 5.74) is 3.30. The maximum Gasteiger partial charge on any atom is 0.163 e. The van der Waals surface area contributed by atoms with Gasteiger partial charge in [0.05, 0.1) is 14.2 Å². The molecule has 3 heteroatoms. The van der Waals surface area contributed by atoms with E-state index in [9.17, 15) is 5.11 Å². The highest BCUT2D eigenvalue weighted by Crippen LogP contribution is 2.37. The molecule has 0 amide bonds. The molecule has 1 aromatic rings. The lowest BCUT2D eigenvalue weighted by Gasteiger charge is -2.20. The Hall–Kier alpha value is -1.22. The topological polar surface area (TPSA) is 38.7 Å². The van der Waals surface area contributed by atoms with Crippen LogP contribution < -0.4 is 9.47 Å². The zero-order chi connectivity index (χ0) is 12.3. The van der Waals surface area contributed by atoms with Crippen LogP contribution in [0.25, 0.3) is 0 Å². The summed E-state index contributed by atoms with van der Waals surface area (Å²) in [6.45, 7) is 6.16. The normalized spacial score (nSPS) is 12.4. The second-order valence-electron chi connectivity index (χ2n) is 4.05. The van der Waals surface area contributed by atoms with Crippen molar-refractivity contribution in [2.24, 2.45) is 0 Å². The molecule has 0 aliphatic heterocycles. The molecule has 0 saturated carbocycles. The van der Waals surface area contributed by atoms with Gasteiger partial charge >= 0.3 is 0 Å². The first kappa shape index (κ1) is 12.8. The van der Waals surface area contributed by atoms with E-state index in [1.54, 1.807) is 14.2 Å². The van der Waals surface area contributed by atoms with Gasteiger partial charge in [0.1, 0.15) is 0 Å². The molecule has 0 fully saturated rings. The van der Waals surface area contributed by atoms with E-state index in [-0.39, 0.29) is 12.5 Å². The number of hydrogen-bond donors (Lipinski definition) is 1. The Labute approximate surface area is 97.0 Å². The molecule has 0 saturated heterocycles. The molecule has 90 valence electrons. The third-order valence-electron chi connectivity index (χ3n) is 2.93. The minimum Gasteiger partial charge on any atom is -0.493 e. The lowest BCUT2D eigenvalue weighted by Crippen LogP contribution is -2.06. The number of rotatable bonds is 4. The van der Waals surface area contributed by atoms with Crippen LogP contribution in [-0.2, 0) is 0 Å². The van der Waals surface area contributed by atoms with Crippen molar-refractivity contribution in [1.82, 2.24) is 0 Å². The van der Waals surface area contributed by atoms with Gasteiger partial charge in [-0.3, -0.25) is 0 Å². The second-order valence-corrected chi connectivity index (χ2v) is 4.05. The molecular formula is C13H20O3. The first-order valence-corrected chi connectivity index (χ1v) is 5.39. The molecule has 1 atom stereocenters. The largest absolute Gasteiger partial charge is 0.493 e. The molecule has 16 heavy (non-hydrogen) atoms. The molecule has 0 aromatic heterocycles. The van der Waals surface area contributed by atoms with Crippen molar-refractivity contribution in [3.8, 4) is 11.5 Å². The zero-order valence-electron chi connectivity index (χ0n) is 10.6. The van der Waals surface area contributed by atoms with Gasteiger partial charge in [0.25, 0.3) is 0 Å². The van der Waals surface area contributed by atoms with Gasteiger partial charge in [-0.2, -0.15) is 0 Å². The highest BCUT2D eigenvalue weighted by atomic mass is 16.5. The van der Waals surface area contributed by atoms with Crippen molar-refractivity contribution in [3.63, 3.8) is 0 Å². The van der Waals surface area contributed by atoms with Crippen LogP contribution in [0.2, 0.25) is 0 Å². The summed E-state index contributed by atoms with van der Waals surface area (Å²) in [6.07, 6.45) is 0. The molecule has 0 bridgehead atoms. The molecule has 1 unspecified atom stereocenters. The first-order chi connectivity index (χ1) is 7.56. The number of ether oxygens (including phenoxy) is 2. The third kappa shape index (κ3) is 2.14. The highest BCUT2D eigenvalue weighted by molar-refractivity contribution is 5.54. The van der Waals surface area contributed by atoms with E-state index in [0.29, 0.717) is 0 Å². The molecule has 0 aliphatic carbocycles. The Bertz CT molecular complexity index is 372. The van der Waals surface area contributed by atoms with Crippen LogP contribution in [-0.4, -0.2) is 25.9 Å². The van der Waals surface area contributed by atoms with Gasteiger partial charge in [-0.05, 0) is 36.6 Å². The quantitative estimate of drug-likeness (QED) is 0.853. The van der Waals surface area contributed by atoms with E-state index in [4.69, 9.17) is 9.47 Å². The van der Waals surface area contributed by atoms with Gasteiger partial charge < -0.3 is 14.6 Å². The summed E-state index contributed by atoms with van der Waals surface area (Å²) in [4.78, 5) is 0. The van der Waals surface area contributed by atoms with E-state index in [0.717, 1.165) is 28.2 Å². The monoisotopic (exact) mass is 224 g/mol. The van der Waals surface area contributed by atoms with Gasteiger partial charge in [0, 0.05) is 12.5 Å². The van der Waals surface area contributed by atoms with Gasteiger partial charge in [-0.1, -0.05) is 6.92 Å². The number of hydrogen-bond acceptors (Lipinski definition) is 3. The molecule has 0 aliphatic rings. The van der Waals surface area contributed by atoms with Crippen molar-refractivity contribution >= 4 is 0 Å². The lowest BCUT2D eigenvalue weighted by atomic mass is 9.91. The standard InChI is InChI=1S/C13H20O3/c1-8-6-11(15-4)13(16-5)10(3)12(8)9(2)7-14/h6,9,14H,7H2,1-5H3. The van der Waals surface area contributed by atoms with Crippen molar-refractivity contribution in [2.45, 2.75) is 26.7 Å². The van der Waals surface area contributed by atoms with Gasteiger partial charge in [-0.25, -0.2) is 0 Å². The van der Waals surface area contributed by atoms with E-state index in [2.05, 4.69) is 0 Å². The summed E-state index contributed by atoms with van der Waals surface area (Å²) in [7, 11) is 3.26. The van der Waals surface area contributed by atoms with Crippen LogP contribution in [0.4, 0.5) is 0 Å². The number of aliphatic hydroxyl groups excluding tert-OH is 1. The zero-order valence-corrected chi connectivity index (χ0v) is 10.6. The molecule has 1 N–H and O–H groups in total. The first-order valence-electron chi connectivity index (χ1n) is 5.39. The van der Waals surface area contributed by atoms with Crippen molar-refractivity contribution < 1.29 is 14.6 Å². The SMILES string of the molecule is COc1cc(C)c(C(C)CO)c(C)c1OC. The van der Waals surface area contributed by atoms with Crippen LogP contribution in [0.5, 0.6) is 11.5 Å². The number of methoxy groups -OCH3 is 2. The van der Waals surface area contributed by atoms with Gasteiger partial charge in [0.2, 0.25) is 0 Å². The fourth-order valence-corrected chi connectivity index (χ4v) is 2.20. The predicted octanol–water partition coefficient (Wildman–Crippen LogP) is 2.42. The van der Waals surface area contributed by atoms with Crippen molar-refractivity contribution in [2.75, 3.05) is 20.8 Å². The Morgan fingerprint density at radius 1 is 1.25 bits per heavy atom. The average Bonchev–Trinajstić information content (AvgIpc) is 2.27. The molecule has 0 radical (unpaired) electrons. The summed E-state index contributed by atoms with van der Waals surface area (Å²) in [6, 6.07) is 1.95. The van der Waals surface area contributed by atoms with Gasteiger partial charge in [-0.15, -0.1) is 0 Å². The molecule has 0 heterocycles.